The van der Waals surface area contributed by atoms with E-state index in [1.165, 1.54) is 12.1 Å². The molecule has 5 rings (SSSR count). The number of tetrazole rings is 1. The minimum Gasteiger partial charge on any atom is -0.383 e. The Hall–Kier alpha value is -3.69. The molecule has 1 amide bonds. The Morgan fingerprint density at radius 1 is 1.23 bits per heavy atom. The number of nitrogens with zero attached hydrogens (tertiary/aromatic N) is 6. The summed E-state index contributed by atoms with van der Waals surface area (Å²) in [5.74, 6) is -1.33. The summed E-state index contributed by atoms with van der Waals surface area (Å²) in [6.45, 7) is 1.20. The van der Waals surface area contributed by atoms with Gasteiger partial charge >= 0.3 is 0 Å². The summed E-state index contributed by atoms with van der Waals surface area (Å²) in [6, 6.07) is 5.55. The van der Waals surface area contributed by atoms with Crippen molar-refractivity contribution >= 4 is 17.3 Å². The standard InChI is InChI=1S/C21H19F2N7O/c22-16-2-1-3-17(18(16)23)30-20(26-27-28-30)15-10-14(11-25-19(15)24)12-6-8-29(9-7-12)21(31)13-4-5-13/h1-3,6,10-11,13H,4-5,7-9H2,(H2,24,25). The van der Waals surface area contributed by atoms with Crippen LogP contribution >= 0.6 is 0 Å². The fraction of sp³-hybridized carbons (Fsp3) is 0.286. The van der Waals surface area contributed by atoms with E-state index >= 15 is 0 Å². The molecule has 1 saturated carbocycles. The van der Waals surface area contributed by atoms with Crippen LogP contribution in [0.4, 0.5) is 14.6 Å². The molecule has 31 heavy (non-hydrogen) atoms. The lowest BCUT2D eigenvalue weighted by Gasteiger charge is -2.26. The maximum absolute atomic E-state index is 14.3. The van der Waals surface area contributed by atoms with Crippen molar-refractivity contribution in [2.45, 2.75) is 19.3 Å². The first kappa shape index (κ1) is 19.3. The number of aromatic nitrogens is 5. The average molecular weight is 423 g/mol. The number of anilines is 1. The molecular formula is C21H19F2N7O. The number of rotatable bonds is 4. The minimum absolute atomic E-state index is 0.129. The van der Waals surface area contributed by atoms with Crippen LogP contribution in [-0.4, -0.2) is 49.1 Å². The molecule has 3 heterocycles. The number of hydrogen-bond donors (Lipinski definition) is 1. The van der Waals surface area contributed by atoms with E-state index in [1.54, 1.807) is 12.3 Å². The van der Waals surface area contributed by atoms with E-state index in [0.29, 0.717) is 25.1 Å². The van der Waals surface area contributed by atoms with Crippen LogP contribution in [0.1, 0.15) is 24.8 Å². The average Bonchev–Trinajstić information content (AvgIpc) is 3.53. The second-order valence-corrected chi connectivity index (χ2v) is 7.68. The van der Waals surface area contributed by atoms with E-state index in [4.69, 9.17) is 5.73 Å². The van der Waals surface area contributed by atoms with Gasteiger partial charge in [0.25, 0.3) is 0 Å². The first-order valence-electron chi connectivity index (χ1n) is 10.00. The number of hydrogen-bond acceptors (Lipinski definition) is 6. The molecule has 1 aliphatic heterocycles. The predicted octanol–water partition coefficient (Wildman–Crippen LogP) is 2.61. The Balaban J connectivity index is 1.48. The molecule has 0 saturated heterocycles. The first-order chi connectivity index (χ1) is 15.0. The van der Waals surface area contributed by atoms with Gasteiger partial charge in [0.2, 0.25) is 5.91 Å². The number of pyridine rings is 1. The van der Waals surface area contributed by atoms with Gasteiger partial charge in [-0.15, -0.1) is 5.10 Å². The third-order valence-corrected chi connectivity index (χ3v) is 5.61. The minimum atomic E-state index is -1.06. The Kier molecular flexibility index (Phi) is 4.68. The van der Waals surface area contributed by atoms with Crippen LogP contribution in [0, 0.1) is 17.6 Å². The van der Waals surface area contributed by atoms with E-state index in [2.05, 4.69) is 20.5 Å². The van der Waals surface area contributed by atoms with Gasteiger partial charge < -0.3 is 10.6 Å². The maximum Gasteiger partial charge on any atom is 0.225 e. The molecule has 0 atom stereocenters. The molecule has 1 aliphatic carbocycles. The van der Waals surface area contributed by atoms with Crippen molar-refractivity contribution in [2.24, 2.45) is 5.92 Å². The quantitative estimate of drug-likeness (QED) is 0.692. The predicted molar refractivity (Wildman–Crippen MR) is 109 cm³/mol. The molecule has 3 aromatic rings. The Bertz CT molecular complexity index is 1200. The van der Waals surface area contributed by atoms with Crippen molar-refractivity contribution in [1.29, 1.82) is 0 Å². The molecule has 1 aromatic carbocycles. The summed E-state index contributed by atoms with van der Waals surface area (Å²) in [6.07, 6.45) is 6.32. The summed E-state index contributed by atoms with van der Waals surface area (Å²) >= 11 is 0. The van der Waals surface area contributed by atoms with Crippen molar-refractivity contribution in [2.75, 3.05) is 18.8 Å². The normalized spacial score (nSPS) is 16.3. The zero-order chi connectivity index (χ0) is 21.5. The van der Waals surface area contributed by atoms with Crippen LogP contribution < -0.4 is 5.73 Å². The summed E-state index contributed by atoms with van der Waals surface area (Å²) in [4.78, 5) is 18.4. The van der Waals surface area contributed by atoms with E-state index in [-0.39, 0.29) is 29.2 Å². The molecule has 0 radical (unpaired) electrons. The van der Waals surface area contributed by atoms with Crippen molar-refractivity contribution in [3.63, 3.8) is 0 Å². The van der Waals surface area contributed by atoms with Crippen LogP contribution in [0.5, 0.6) is 0 Å². The Morgan fingerprint density at radius 3 is 2.81 bits per heavy atom. The van der Waals surface area contributed by atoms with Gasteiger partial charge in [-0.2, -0.15) is 4.68 Å². The van der Waals surface area contributed by atoms with Gasteiger partial charge in [0, 0.05) is 25.2 Å². The highest BCUT2D eigenvalue weighted by Gasteiger charge is 2.33. The van der Waals surface area contributed by atoms with Gasteiger partial charge in [0.1, 0.15) is 11.5 Å². The number of carbonyl (C=O) groups excluding carboxylic acids is 1. The SMILES string of the molecule is Nc1ncc(C2=CCN(C(=O)C3CC3)CC2)cc1-c1nnnn1-c1cccc(F)c1F. The largest absolute Gasteiger partial charge is 0.383 e. The molecule has 1 fully saturated rings. The topological polar surface area (TPSA) is 103 Å². The lowest BCUT2D eigenvalue weighted by molar-refractivity contribution is -0.132. The fourth-order valence-electron chi connectivity index (χ4n) is 3.72. The second-order valence-electron chi connectivity index (χ2n) is 7.68. The molecule has 158 valence electrons. The maximum atomic E-state index is 14.3. The first-order valence-corrected chi connectivity index (χ1v) is 10.00. The van der Waals surface area contributed by atoms with Gasteiger partial charge in [-0.05, 0) is 59.0 Å². The van der Waals surface area contributed by atoms with Crippen molar-refractivity contribution in [1.82, 2.24) is 30.1 Å². The molecule has 2 aromatic heterocycles. The van der Waals surface area contributed by atoms with E-state index in [1.807, 2.05) is 11.0 Å². The summed E-state index contributed by atoms with van der Waals surface area (Å²) in [7, 11) is 0. The molecule has 10 heteroatoms. The van der Waals surface area contributed by atoms with Gasteiger partial charge in [0.15, 0.2) is 17.5 Å². The molecule has 2 aliphatic rings. The van der Waals surface area contributed by atoms with Gasteiger partial charge in [-0.1, -0.05) is 12.1 Å². The molecule has 0 bridgehead atoms. The van der Waals surface area contributed by atoms with E-state index in [0.717, 1.165) is 34.7 Å². The molecular weight excluding hydrogens is 404 g/mol. The van der Waals surface area contributed by atoms with Crippen molar-refractivity contribution in [3.05, 3.63) is 53.7 Å². The Morgan fingerprint density at radius 2 is 2.06 bits per heavy atom. The lowest BCUT2D eigenvalue weighted by Crippen LogP contribution is -2.35. The Labute approximate surface area is 176 Å². The highest BCUT2D eigenvalue weighted by molar-refractivity contribution is 5.83. The van der Waals surface area contributed by atoms with Gasteiger partial charge in [0.05, 0.1) is 5.56 Å². The smallest absolute Gasteiger partial charge is 0.225 e. The van der Waals surface area contributed by atoms with Crippen molar-refractivity contribution in [3.8, 4) is 17.1 Å². The van der Waals surface area contributed by atoms with Gasteiger partial charge in [-0.25, -0.2) is 13.8 Å². The number of nitrogen functional groups attached to an aromatic ring is 1. The fourth-order valence-corrected chi connectivity index (χ4v) is 3.72. The van der Waals surface area contributed by atoms with Crippen LogP contribution in [0.15, 0.2) is 36.5 Å². The van der Waals surface area contributed by atoms with Gasteiger partial charge in [-0.3, -0.25) is 4.79 Å². The summed E-state index contributed by atoms with van der Waals surface area (Å²) in [5, 5.41) is 11.4. The van der Waals surface area contributed by atoms with E-state index < -0.39 is 11.6 Å². The third kappa shape index (κ3) is 3.54. The number of carbonyl (C=O) groups is 1. The number of amides is 1. The zero-order valence-electron chi connectivity index (χ0n) is 16.5. The summed E-state index contributed by atoms with van der Waals surface area (Å²) in [5.41, 5.74) is 8.19. The zero-order valence-corrected chi connectivity index (χ0v) is 16.5. The second kappa shape index (κ2) is 7.53. The molecule has 0 unspecified atom stereocenters. The molecule has 8 nitrogen and oxygen atoms in total. The van der Waals surface area contributed by atoms with Crippen molar-refractivity contribution < 1.29 is 13.6 Å². The van der Waals surface area contributed by atoms with Crippen LogP contribution in [0.3, 0.4) is 0 Å². The van der Waals surface area contributed by atoms with Crippen LogP contribution in [-0.2, 0) is 4.79 Å². The number of nitrogens with two attached hydrogens (primary N) is 1. The van der Waals surface area contributed by atoms with E-state index in [9.17, 15) is 13.6 Å². The molecule has 2 N–H and O–H groups in total. The summed E-state index contributed by atoms with van der Waals surface area (Å²) < 4.78 is 29.1. The molecule has 0 spiro atoms. The third-order valence-electron chi connectivity index (χ3n) is 5.61. The highest BCUT2D eigenvalue weighted by atomic mass is 19.2. The monoisotopic (exact) mass is 423 g/mol. The van der Waals surface area contributed by atoms with Crippen LogP contribution in [0.25, 0.3) is 22.6 Å². The number of halogens is 2. The number of benzene rings is 1. The highest BCUT2D eigenvalue weighted by Crippen LogP contribution is 2.34. The lowest BCUT2D eigenvalue weighted by atomic mass is 9.99. The van der Waals surface area contributed by atoms with Crippen LogP contribution in [0.2, 0.25) is 0 Å².